The number of hydrogen-bond donors (Lipinski definition) is 1. The Morgan fingerprint density at radius 1 is 1.00 bits per heavy atom. The molecule has 0 spiro atoms. The van der Waals surface area contributed by atoms with E-state index >= 15 is 0 Å². The fourth-order valence-corrected chi connectivity index (χ4v) is 2.61. The summed E-state index contributed by atoms with van der Waals surface area (Å²) in [6.45, 7) is 4.89. The van der Waals surface area contributed by atoms with E-state index in [0.29, 0.717) is 6.61 Å². The van der Waals surface area contributed by atoms with Crippen LogP contribution >= 0.6 is 0 Å². The predicted molar refractivity (Wildman–Crippen MR) is 83.8 cm³/mol. The zero-order chi connectivity index (χ0) is 14.4. The molecule has 0 amide bonds. The molecule has 0 aromatic heterocycles. The minimum atomic E-state index is 0.0206. The first-order chi connectivity index (χ1) is 9.77. The topological polar surface area (TPSA) is 21.3 Å². The van der Waals surface area contributed by atoms with Crippen molar-refractivity contribution in [3.05, 3.63) is 71.3 Å². The summed E-state index contributed by atoms with van der Waals surface area (Å²) < 4.78 is 6.03. The standard InChI is InChI=1S/C18H23NO/c1-4-20-18(15-11-6-5-7-12-15)17(19-3)16-13-9-8-10-14(16)2/h5-13,17-19H,4H2,1-3H3. The van der Waals surface area contributed by atoms with Crippen LogP contribution in [0.2, 0.25) is 0 Å². The van der Waals surface area contributed by atoms with E-state index < -0.39 is 0 Å². The van der Waals surface area contributed by atoms with Crippen molar-refractivity contribution >= 4 is 0 Å². The van der Waals surface area contributed by atoms with Crippen molar-refractivity contribution in [2.75, 3.05) is 13.7 Å². The lowest BCUT2D eigenvalue weighted by atomic mass is 9.93. The van der Waals surface area contributed by atoms with Crippen LogP contribution in [0.15, 0.2) is 54.6 Å². The minimum Gasteiger partial charge on any atom is -0.372 e. The van der Waals surface area contributed by atoms with Crippen molar-refractivity contribution in [3.8, 4) is 0 Å². The fourth-order valence-electron chi connectivity index (χ4n) is 2.61. The summed E-state index contributed by atoms with van der Waals surface area (Å²) >= 11 is 0. The first-order valence-electron chi connectivity index (χ1n) is 7.17. The number of ether oxygens (including phenoxy) is 1. The Kier molecular flexibility index (Phi) is 5.33. The third-order valence-corrected chi connectivity index (χ3v) is 3.61. The molecule has 2 nitrogen and oxygen atoms in total. The Labute approximate surface area is 121 Å². The molecule has 0 saturated carbocycles. The van der Waals surface area contributed by atoms with E-state index in [1.165, 1.54) is 16.7 Å². The minimum absolute atomic E-state index is 0.0206. The SMILES string of the molecule is CCOC(c1ccccc1)C(NC)c1ccccc1C. The van der Waals surface area contributed by atoms with Gasteiger partial charge in [0.25, 0.3) is 0 Å². The maximum absolute atomic E-state index is 6.03. The van der Waals surface area contributed by atoms with Crippen LogP contribution in [0.5, 0.6) is 0 Å². The molecule has 0 aliphatic heterocycles. The Hall–Kier alpha value is -1.64. The quantitative estimate of drug-likeness (QED) is 0.854. The molecule has 2 heteroatoms. The maximum Gasteiger partial charge on any atom is 0.102 e. The van der Waals surface area contributed by atoms with Crippen LogP contribution in [0.3, 0.4) is 0 Å². The van der Waals surface area contributed by atoms with Crippen LogP contribution in [-0.2, 0) is 4.74 Å². The molecule has 2 rings (SSSR count). The second kappa shape index (κ2) is 7.22. The third-order valence-electron chi connectivity index (χ3n) is 3.61. The van der Waals surface area contributed by atoms with Crippen molar-refractivity contribution in [2.24, 2.45) is 0 Å². The number of hydrogen-bond acceptors (Lipinski definition) is 2. The molecule has 0 aliphatic carbocycles. The average Bonchev–Trinajstić information content (AvgIpc) is 2.50. The third kappa shape index (κ3) is 3.27. The Morgan fingerprint density at radius 2 is 1.65 bits per heavy atom. The van der Waals surface area contributed by atoms with Gasteiger partial charge in [-0.25, -0.2) is 0 Å². The van der Waals surface area contributed by atoms with Gasteiger partial charge in [-0.15, -0.1) is 0 Å². The molecule has 2 aromatic rings. The fraction of sp³-hybridized carbons (Fsp3) is 0.333. The lowest BCUT2D eigenvalue weighted by Gasteiger charge is -2.28. The monoisotopic (exact) mass is 269 g/mol. The van der Waals surface area contributed by atoms with E-state index in [1.54, 1.807) is 0 Å². The van der Waals surface area contributed by atoms with Gasteiger partial charge in [-0.05, 0) is 37.6 Å². The number of aryl methyl sites for hydroxylation is 1. The van der Waals surface area contributed by atoms with Crippen LogP contribution in [0, 0.1) is 6.92 Å². The molecule has 20 heavy (non-hydrogen) atoms. The van der Waals surface area contributed by atoms with Gasteiger partial charge in [0.15, 0.2) is 0 Å². The van der Waals surface area contributed by atoms with E-state index in [9.17, 15) is 0 Å². The van der Waals surface area contributed by atoms with Gasteiger partial charge in [0.2, 0.25) is 0 Å². The van der Waals surface area contributed by atoms with Gasteiger partial charge in [-0.3, -0.25) is 0 Å². The van der Waals surface area contributed by atoms with Gasteiger partial charge in [0.05, 0.1) is 6.04 Å². The molecule has 1 N–H and O–H groups in total. The van der Waals surface area contributed by atoms with E-state index in [0.717, 1.165) is 0 Å². The van der Waals surface area contributed by atoms with Gasteiger partial charge in [0.1, 0.15) is 6.10 Å². The molecule has 0 bridgehead atoms. The van der Waals surface area contributed by atoms with Crippen LogP contribution in [-0.4, -0.2) is 13.7 Å². The zero-order valence-electron chi connectivity index (χ0n) is 12.5. The molecule has 0 fully saturated rings. The van der Waals surface area contributed by atoms with Crippen molar-refractivity contribution < 1.29 is 4.74 Å². The van der Waals surface area contributed by atoms with Gasteiger partial charge >= 0.3 is 0 Å². The molecular formula is C18H23NO. The maximum atomic E-state index is 6.03. The van der Waals surface area contributed by atoms with Crippen molar-refractivity contribution in [1.29, 1.82) is 0 Å². The second-order valence-corrected chi connectivity index (χ2v) is 4.91. The highest BCUT2D eigenvalue weighted by Gasteiger charge is 2.24. The van der Waals surface area contributed by atoms with Crippen LogP contribution in [0.1, 0.15) is 35.8 Å². The summed E-state index contributed by atoms with van der Waals surface area (Å²) in [7, 11) is 1.99. The largest absolute Gasteiger partial charge is 0.372 e. The number of likely N-dealkylation sites (N-methyl/N-ethyl adjacent to an activating group) is 1. The number of nitrogens with one attached hydrogen (secondary N) is 1. The lowest BCUT2D eigenvalue weighted by Crippen LogP contribution is -2.26. The number of benzene rings is 2. The van der Waals surface area contributed by atoms with E-state index in [-0.39, 0.29) is 12.1 Å². The summed E-state index contributed by atoms with van der Waals surface area (Å²) in [5.41, 5.74) is 3.78. The highest BCUT2D eigenvalue weighted by atomic mass is 16.5. The van der Waals surface area contributed by atoms with Gasteiger partial charge < -0.3 is 10.1 Å². The normalized spacial score (nSPS) is 13.9. The molecule has 2 aromatic carbocycles. The molecule has 0 radical (unpaired) electrons. The molecule has 2 atom stereocenters. The van der Waals surface area contributed by atoms with Crippen molar-refractivity contribution in [3.63, 3.8) is 0 Å². The Balaban J connectivity index is 2.38. The lowest BCUT2D eigenvalue weighted by molar-refractivity contribution is 0.0345. The summed E-state index contributed by atoms with van der Waals surface area (Å²) in [5.74, 6) is 0. The predicted octanol–water partition coefficient (Wildman–Crippen LogP) is 4.03. The van der Waals surface area contributed by atoms with Gasteiger partial charge in [0, 0.05) is 6.61 Å². The molecule has 0 aliphatic rings. The average molecular weight is 269 g/mol. The van der Waals surface area contributed by atoms with E-state index in [1.807, 2.05) is 20.0 Å². The highest BCUT2D eigenvalue weighted by Crippen LogP contribution is 2.33. The number of rotatable bonds is 6. The van der Waals surface area contributed by atoms with Crippen LogP contribution < -0.4 is 5.32 Å². The summed E-state index contributed by atoms with van der Waals surface area (Å²) in [5, 5.41) is 3.42. The van der Waals surface area contributed by atoms with Crippen LogP contribution in [0.4, 0.5) is 0 Å². The highest BCUT2D eigenvalue weighted by molar-refractivity contribution is 5.32. The molecule has 106 valence electrons. The van der Waals surface area contributed by atoms with Crippen LogP contribution in [0.25, 0.3) is 0 Å². The summed E-state index contributed by atoms with van der Waals surface area (Å²) in [4.78, 5) is 0. The van der Waals surface area contributed by atoms with Gasteiger partial charge in [-0.2, -0.15) is 0 Å². The molecule has 0 saturated heterocycles. The first-order valence-corrected chi connectivity index (χ1v) is 7.17. The molecule has 2 unspecified atom stereocenters. The Bertz CT molecular complexity index is 524. The molecular weight excluding hydrogens is 246 g/mol. The second-order valence-electron chi connectivity index (χ2n) is 4.91. The summed E-state index contributed by atoms with van der Waals surface area (Å²) in [6.07, 6.45) is 0.0206. The van der Waals surface area contributed by atoms with Crippen molar-refractivity contribution in [2.45, 2.75) is 26.0 Å². The van der Waals surface area contributed by atoms with Gasteiger partial charge in [-0.1, -0.05) is 54.6 Å². The Morgan fingerprint density at radius 3 is 2.25 bits per heavy atom. The van der Waals surface area contributed by atoms with E-state index in [4.69, 9.17) is 4.74 Å². The zero-order valence-corrected chi connectivity index (χ0v) is 12.5. The van der Waals surface area contributed by atoms with Crippen molar-refractivity contribution in [1.82, 2.24) is 5.32 Å². The smallest absolute Gasteiger partial charge is 0.102 e. The summed E-state index contributed by atoms with van der Waals surface area (Å²) in [6, 6.07) is 19.0. The first kappa shape index (κ1) is 14.8. The molecule has 0 heterocycles. The van der Waals surface area contributed by atoms with E-state index in [2.05, 4.69) is 60.8 Å².